The normalized spacial score (nSPS) is 11.9. The quantitative estimate of drug-likeness (QED) is 0.826. The van der Waals surface area contributed by atoms with Crippen LogP contribution in [0.15, 0.2) is 53.4 Å². The number of aliphatic hydroxyl groups is 1. The topological polar surface area (TPSA) is 38.7 Å². The molecule has 0 amide bonds. The smallest absolute Gasteiger partial charge is 0.132 e. The molecule has 20 heavy (non-hydrogen) atoms. The van der Waals surface area contributed by atoms with Crippen LogP contribution in [-0.2, 0) is 0 Å². The highest BCUT2D eigenvalue weighted by Crippen LogP contribution is 2.32. The van der Waals surface area contributed by atoms with Crippen molar-refractivity contribution in [1.29, 1.82) is 0 Å². The zero-order valence-corrected chi connectivity index (χ0v) is 12.4. The Morgan fingerprint density at radius 1 is 1.05 bits per heavy atom. The fourth-order valence-corrected chi connectivity index (χ4v) is 2.85. The number of hydrogen-bond donors (Lipinski definition) is 1. The highest BCUT2D eigenvalue weighted by atomic mass is 32.2. The minimum absolute atomic E-state index is 0.542. The molecule has 0 aromatic heterocycles. The first-order valence-corrected chi connectivity index (χ1v) is 7.31. The fraction of sp³-hybridized carbons (Fsp3) is 0.250. The van der Waals surface area contributed by atoms with Crippen LogP contribution < -0.4 is 9.47 Å². The molecule has 0 saturated carbocycles. The van der Waals surface area contributed by atoms with Gasteiger partial charge in [-0.2, -0.15) is 0 Å². The maximum absolute atomic E-state index is 10.2. The van der Waals surface area contributed by atoms with Gasteiger partial charge >= 0.3 is 0 Å². The average molecular weight is 290 g/mol. The fourth-order valence-electron chi connectivity index (χ4n) is 1.85. The van der Waals surface area contributed by atoms with Gasteiger partial charge in [-0.3, -0.25) is 0 Å². The van der Waals surface area contributed by atoms with Crippen molar-refractivity contribution in [1.82, 2.24) is 0 Å². The third-order valence-electron chi connectivity index (χ3n) is 2.94. The van der Waals surface area contributed by atoms with Crippen LogP contribution in [0.3, 0.4) is 0 Å². The molecule has 2 aromatic rings. The molecule has 0 unspecified atom stereocenters. The maximum Gasteiger partial charge on any atom is 0.132 e. The Hall–Kier alpha value is -1.65. The second-order valence-corrected chi connectivity index (χ2v) is 5.32. The molecule has 0 aliphatic carbocycles. The SMILES string of the molecule is COc1cccc([C@@H](O)CSc2ccccc2OC)c1. The predicted molar refractivity (Wildman–Crippen MR) is 81.7 cm³/mol. The van der Waals surface area contributed by atoms with Crippen molar-refractivity contribution in [3.63, 3.8) is 0 Å². The van der Waals surface area contributed by atoms with Crippen LogP contribution in [0.1, 0.15) is 11.7 Å². The van der Waals surface area contributed by atoms with Crippen molar-refractivity contribution in [2.45, 2.75) is 11.0 Å². The third kappa shape index (κ3) is 3.68. The Labute approximate surface area is 123 Å². The van der Waals surface area contributed by atoms with Crippen LogP contribution in [0.4, 0.5) is 0 Å². The van der Waals surface area contributed by atoms with Crippen molar-refractivity contribution >= 4 is 11.8 Å². The van der Waals surface area contributed by atoms with Gasteiger partial charge in [0.15, 0.2) is 0 Å². The molecule has 0 aliphatic rings. The zero-order valence-electron chi connectivity index (χ0n) is 11.6. The zero-order chi connectivity index (χ0) is 14.4. The van der Waals surface area contributed by atoms with Gasteiger partial charge in [0.05, 0.1) is 20.3 Å². The molecule has 3 nitrogen and oxygen atoms in total. The van der Waals surface area contributed by atoms with Crippen LogP contribution in [0.25, 0.3) is 0 Å². The first-order valence-electron chi connectivity index (χ1n) is 6.32. The van der Waals surface area contributed by atoms with Crippen LogP contribution >= 0.6 is 11.8 Å². The summed E-state index contributed by atoms with van der Waals surface area (Å²) in [4.78, 5) is 1.02. The van der Waals surface area contributed by atoms with Gasteiger partial charge < -0.3 is 14.6 Å². The van der Waals surface area contributed by atoms with Gasteiger partial charge in [0, 0.05) is 10.6 Å². The number of hydrogen-bond acceptors (Lipinski definition) is 4. The summed E-state index contributed by atoms with van der Waals surface area (Å²) in [5, 5.41) is 10.2. The highest BCUT2D eigenvalue weighted by Gasteiger charge is 2.11. The maximum atomic E-state index is 10.2. The molecule has 0 saturated heterocycles. The second-order valence-electron chi connectivity index (χ2n) is 4.25. The van der Waals surface area contributed by atoms with Gasteiger partial charge in [0.2, 0.25) is 0 Å². The van der Waals surface area contributed by atoms with Crippen molar-refractivity contribution in [2.24, 2.45) is 0 Å². The van der Waals surface area contributed by atoms with E-state index in [9.17, 15) is 5.11 Å². The Kier molecular flexibility index (Phi) is 5.32. The van der Waals surface area contributed by atoms with Crippen molar-refractivity contribution in [3.8, 4) is 11.5 Å². The Morgan fingerprint density at radius 3 is 2.60 bits per heavy atom. The van der Waals surface area contributed by atoms with Gasteiger partial charge in [-0.15, -0.1) is 11.8 Å². The number of rotatable bonds is 6. The summed E-state index contributed by atoms with van der Waals surface area (Å²) in [6.45, 7) is 0. The van der Waals surface area contributed by atoms with E-state index in [4.69, 9.17) is 9.47 Å². The molecule has 0 radical (unpaired) electrons. The molecule has 0 bridgehead atoms. The van der Waals surface area contributed by atoms with Gasteiger partial charge in [-0.05, 0) is 29.8 Å². The molecule has 4 heteroatoms. The van der Waals surface area contributed by atoms with Gasteiger partial charge in [0.25, 0.3) is 0 Å². The lowest BCUT2D eigenvalue weighted by Crippen LogP contribution is -2.01. The molecule has 106 valence electrons. The number of thioether (sulfide) groups is 1. The van der Waals surface area contributed by atoms with E-state index in [-0.39, 0.29) is 0 Å². The minimum Gasteiger partial charge on any atom is -0.497 e. The lowest BCUT2D eigenvalue weighted by molar-refractivity contribution is 0.203. The molecule has 1 atom stereocenters. The van der Waals surface area contributed by atoms with E-state index in [1.165, 1.54) is 0 Å². The van der Waals surface area contributed by atoms with E-state index >= 15 is 0 Å². The summed E-state index contributed by atoms with van der Waals surface area (Å²) >= 11 is 1.57. The Morgan fingerprint density at radius 2 is 1.85 bits per heavy atom. The summed E-state index contributed by atoms with van der Waals surface area (Å²) in [5.41, 5.74) is 0.853. The predicted octanol–water partition coefficient (Wildman–Crippen LogP) is 3.53. The monoisotopic (exact) mass is 290 g/mol. The Balaban J connectivity index is 2.02. The number of para-hydroxylation sites is 1. The van der Waals surface area contributed by atoms with Gasteiger partial charge in [-0.1, -0.05) is 24.3 Å². The Bertz CT molecular complexity index is 557. The minimum atomic E-state index is -0.542. The van der Waals surface area contributed by atoms with E-state index in [0.717, 1.165) is 22.0 Å². The largest absolute Gasteiger partial charge is 0.497 e. The highest BCUT2D eigenvalue weighted by molar-refractivity contribution is 7.99. The molecular formula is C16H18O3S. The summed E-state index contributed by atoms with van der Waals surface area (Å²) in [5.74, 6) is 2.15. The average Bonchev–Trinajstić information content (AvgIpc) is 2.52. The van der Waals surface area contributed by atoms with E-state index in [1.54, 1.807) is 26.0 Å². The van der Waals surface area contributed by atoms with Gasteiger partial charge in [-0.25, -0.2) is 0 Å². The number of benzene rings is 2. The first kappa shape index (κ1) is 14.8. The van der Waals surface area contributed by atoms with Crippen LogP contribution in [0, 0.1) is 0 Å². The molecule has 0 aliphatic heterocycles. The van der Waals surface area contributed by atoms with E-state index < -0.39 is 6.10 Å². The van der Waals surface area contributed by atoms with Crippen LogP contribution in [0.2, 0.25) is 0 Å². The van der Waals surface area contributed by atoms with Crippen molar-refractivity contribution < 1.29 is 14.6 Å². The molecular weight excluding hydrogens is 272 g/mol. The first-order chi connectivity index (χ1) is 9.74. The summed E-state index contributed by atoms with van der Waals surface area (Å²) in [6, 6.07) is 15.3. The summed E-state index contributed by atoms with van der Waals surface area (Å²) < 4.78 is 10.5. The van der Waals surface area contributed by atoms with Crippen molar-refractivity contribution in [2.75, 3.05) is 20.0 Å². The number of methoxy groups -OCH3 is 2. The van der Waals surface area contributed by atoms with E-state index in [1.807, 2.05) is 48.5 Å². The van der Waals surface area contributed by atoms with Crippen LogP contribution in [0.5, 0.6) is 11.5 Å². The second kappa shape index (κ2) is 7.22. The summed E-state index contributed by atoms with van der Waals surface area (Å²) in [6.07, 6.45) is -0.542. The van der Waals surface area contributed by atoms with Crippen LogP contribution in [-0.4, -0.2) is 25.1 Å². The molecule has 1 N–H and O–H groups in total. The number of ether oxygens (including phenoxy) is 2. The summed E-state index contributed by atoms with van der Waals surface area (Å²) in [7, 11) is 3.27. The molecule has 2 aromatic carbocycles. The van der Waals surface area contributed by atoms with E-state index in [0.29, 0.717) is 5.75 Å². The molecule has 0 heterocycles. The lowest BCUT2D eigenvalue weighted by Gasteiger charge is -2.13. The standard InChI is InChI=1S/C16H18O3S/c1-18-13-7-5-6-12(10-13)14(17)11-20-16-9-4-3-8-15(16)19-2/h3-10,14,17H,11H2,1-2H3/t14-/m0/s1. The van der Waals surface area contributed by atoms with Gasteiger partial charge in [0.1, 0.15) is 11.5 Å². The van der Waals surface area contributed by atoms with Crippen molar-refractivity contribution in [3.05, 3.63) is 54.1 Å². The molecule has 0 fully saturated rings. The van der Waals surface area contributed by atoms with E-state index in [2.05, 4.69) is 0 Å². The number of aliphatic hydroxyl groups excluding tert-OH is 1. The lowest BCUT2D eigenvalue weighted by atomic mass is 10.1. The third-order valence-corrected chi connectivity index (χ3v) is 4.08. The molecule has 0 spiro atoms. The molecule has 2 rings (SSSR count).